The molecule has 0 saturated heterocycles. The summed E-state index contributed by atoms with van der Waals surface area (Å²) in [6.45, 7) is 2.54. The van der Waals surface area contributed by atoms with Crippen LogP contribution < -0.4 is 14.9 Å². The highest BCUT2D eigenvalue weighted by Crippen LogP contribution is 2.32. The van der Waals surface area contributed by atoms with Crippen LogP contribution in [-0.2, 0) is 6.61 Å². The number of carbonyl (C=O) groups is 1. The van der Waals surface area contributed by atoms with Gasteiger partial charge in [0, 0.05) is 5.56 Å². The number of aryl methyl sites for hydroxylation is 1. The van der Waals surface area contributed by atoms with E-state index in [4.69, 9.17) is 9.47 Å². The van der Waals surface area contributed by atoms with E-state index in [-0.39, 0.29) is 5.91 Å². The minimum atomic E-state index is -0.308. The van der Waals surface area contributed by atoms with Crippen molar-refractivity contribution in [2.24, 2.45) is 5.10 Å². The van der Waals surface area contributed by atoms with Crippen LogP contribution >= 0.6 is 61.1 Å². The first kappa shape index (κ1) is 24.0. The van der Waals surface area contributed by atoms with E-state index in [2.05, 4.69) is 103 Å². The Bertz CT molecular complexity index is 1100. The molecule has 1 amide bonds. The Hall–Kier alpha value is -1.66. The van der Waals surface area contributed by atoms with Crippen LogP contribution in [0.15, 0.2) is 64.2 Å². The quantitative estimate of drug-likeness (QED) is 0.178. The van der Waals surface area contributed by atoms with E-state index in [0.717, 1.165) is 28.5 Å². The molecule has 0 fully saturated rings. The van der Waals surface area contributed by atoms with Crippen molar-refractivity contribution in [2.45, 2.75) is 13.5 Å². The van der Waals surface area contributed by atoms with Gasteiger partial charge < -0.3 is 9.47 Å². The molecule has 0 radical (unpaired) electrons. The monoisotopic (exact) mass is 704 g/mol. The predicted molar refractivity (Wildman–Crippen MR) is 143 cm³/mol. The molecule has 8 heteroatoms. The summed E-state index contributed by atoms with van der Waals surface area (Å²) in [6.07, 6.45) is 1.60. The Morgan fingerprint density at radius 1 is 1.10 bits per heavy atom. The van der Waals surface area contributed by atoms with Crippen LogP contribution in [0.3, 0.4) is 0 Å². The molecule has 0 aliphatic rings. The van der Waals surface area contributed by atoms with Gasteiger partial charge in [-0.3, -0.25) is 4.79 Å². The number of hydrogen-bond acceptors (Lipinski definition) is 4. The van der Waals surface area contributed by atoms with Crippen molar-refractivity contribution in [1.82, 2.24) is 5.43 Å². The Morgan fingerprint density at radius 2 is 1.84 bits per heavy atom. The third-order valence-corrected chi connectivity index (χ3v) is 6.60. The molecule has 3 aromatic rings. The highest BCUT2D eigenvalue weighted by Gasteiger charge is 2.10. The van der Waals surface area contributed by atoms with Crippen molar-refractivity contribution in [2.75, 3.05) is 7.11 Å². The molecular weight excluding hydrogens is 686 g/mol. The van der Waals surface area contributed by atoms with E-state index in [9.17, 15) is 4.79 Å². The van der Waals surface area contributed by atoms with E-state index in [1.165, 1.54) is 5.56 Å². The fraction of sp³-hybridized carbons (Fsp3) is 0.130. The minimum absolute atomic E-state index is 0.308. The Morgan fingerprint density at radius 3 is 2.52 bits per heavy atom. The summed E-state index contributed by atoms with van der Waals surface area (Å²) >= 11 is 7.95. The molecule has 0 bridgehead atoms. The first-order valence-electron chi connectivity index (χ1n) is 9.21. The maximum atomic E-state index is 12.3. The van der Waals surface area contributed by atoms with Gasteiger partial charge in [-0.1, -0.05) is 29.8 Å². The molecule has 0 atom stereocenters. The molecule has 0 aliphatic heterocycles. The van der Waals surface area contributed by atoms with Gasteiger partial charge in [0.25, 0.3) is 5.91 Å². The second-order valence-electron chi connectivity index (χ2n) is 6.64. The van der Waals surface area contributed by atoms with Crippen LogP contribution in [0.2, 0.25) is 0 Å². The van der Waals surface area contributed by atoms with Gasteiger partial charge in [0.2, 0.25) is 0 Å². The third-order valence-electron chi connectivity index (χ3n) is 4.32. The zero-order valence-electron chi connectivity index (χ0n) is 16.8. The van der Waals surface area contributed by atoms with Crippen molar-refractivity contribution in [3.63, 3.8) is 0 Å². The maximum Gasteiger partial charge on any atom is 0.271 e. The molecule has 1 N–H and O–H groups in total. The van der Waals surface area contributed by atoms with E-state index in [1.807, 2.05) is 18.2 Å². The fourth-order valence-electron chi connectivity index (χ4n) is 2.66. The van der Waals surface area contributed by atoms with Crippen molar-refractivity contribution in [3.8, 4) is 11.5 Å². The fourth-order valence-corrected chi connectivity index (χ4v) is 4.99. The summed E-state index contributed by atoms with van der Waals surface area (Å²) in [5, 5.41) is 4.08. The summed E-state index contributed by atoms with van der Waals surface area (Å²) in [5.41, 5.74) is 6.18. The molecule has 3 aromatic carbocycles. The average molecular weight is 705 g/mol. The van der Waals surface area contributed by atoms with Gasteiger partial charge >= 0.3 is 0 Å². The summed E-state index contributed by atoms with van der Waals surface area (Å²) < 4.78 is 14.0. The molecular formula is C23H19BrI2N2O3. The van der Waals surface area contributed by atoms with Crippen molar-refractivity contribution in [3.05, 3.63) is 88.5 Å². The zero-order valence-corrected chi connectivity index (χ0v) is 22.7. The Labute approximate surface area is 217 Å². The van der Waals surface area contributed by atoms with Crippen molar-refractivity contribution < 1.29 is 14.3 Å². The van der Waals surface area contributed by atoms with E-state index in [0.29, 0.717) is 17.9 Å². The SMILES string of the molecule is COc1cc(C(=O)N/N=C\c2cc(Br)c(OCc3ccc(C)cc3)c(I)c2)ccc1I. The topological polar surface area (TPSA) is 59.9 Å². The summed E-state index contributed by atoms with van der Waals surface area (Å²) in [7, 11) is 1.57. The number of ether oxygens (including phenoxy) is 2. The van der Waals surface area contributed by atoms with Gasteiger partial charge in [-0.15, -0.1) is 0 Å². The van der Waals surface area contributed by atoms with Gasteiger partial charge in [-0.2, -0.15) is 5.10 Å². The van der Waals surface area contributed by atoms with Gasteiger partial charge in [-0.25, -0.2) is 5.43 Å². The molecule has 0 aliphatic carbocycles. The lowest BCUT2D eigenvalue weighted by molar-refractivity contribution is 0.0954. The normalized spacial score (nSPS) is 10.9. The first-order chi connectivity index (χ1) is 14.9. The number of methoxy groups -OCH3 is 1. The molecule has 0 heterocycles. The number of hydrogen-bond donors (Lipinski definition) is 1. The first-order valence-corrected chi connectivity index (χ1v) is 12.2. The van der Waals surface area contributed by atoms with E-state index >= 15 is 0 Å². The molecule has 0 unspecified atom stereocenters. The standard InChI is InChI=1S/C23H19BrI2N2O3/c1-14-3-5-15(6-4-14)13-31-22-18(24)9-16(10-20(22)26)12-27-28-23(29)17-7-8-19(25)21(11-17)30-2/h3-12H,13H2,1-2H3,(H,28,29)/b27-12-. The number of benzene rings is 3. The second-order valence-corrected chi connectivity index (χ2v) is 9.82. The van der Waals surface area contributed by atoms with Crippen molar-refractivity contribution in [1.29, 1.82) is 0 Å². The number of nitrogens with one attached hydrogen (secondary N) is 1. The molecule has 3 rings (SSSR count). The highest BCUT2D eigenvalue weighted by atomic mass is 127. The van der Waals surface area contributed by atoms with Gasteiger partial charge in [0.05, 0.1) is 24.9 Å². The Kier molecular flexibility index (Phi) is 8.73. The van der Waals surface area contributed by atoms with Crippen LogP contribution in [0, 0.1) is 14.1 Å². The van der Waals surface area contributed by atoms with Crippen molar-refractivity contribution >= 4 is 73.2 Å². The average Bonchev–Trinajstić information content (AvgIpc) is 2.74. The molecule has 0 saturated carbocycles. The summed E-state index contributed by atoms with van der Waals surface area (Å²) in [5.74, 6) is 1.11. The number of rotatable bonds is 7. The lowest BCUT2D eigenvalue weighted by atomic mass is 10.2. The smallest absolute Gasteiger partial charge is 0.271 e. The zero-order chi connectivity index (χ0) is 22.4. The molecule has 0 spiro atoms. The van der Waals surface area contributed by atoms with Gasteiger partial charge in [0.15, 0.2) is 0 Å². The van der Waals surface area contributed by atoms with Crippen LogP contribution in [0.4, 0.5) is 0 Å². The minimum Gasteiger partial charge on any atom is -0.496 e. The maximum absolute atomic E-state index is 12.3. The number of hydrazone groups is 1. The largest absolute Gasteiger partial charge is 0.496 e. The summed E-state index contributed by atoms with van der Waals surface area (Å²) in [6, 6.07) is 17.3. The molecule has 5 nitrogen and oxygen atoms in total. The summed E-state index contributed by atoms with van der Waals surface area (Å²) in [4.78, 5) is 12.3. The van der Waals surface area contributed by atoms with E-state index < -0.39 is 0 Å². The second kappa shape index (κ2) is 11.3. The highest BCUT2D eigenvalue weighted by molar-refractivity contribution is 14.1. The number of amides is 1. The van der Waals surface area contributed by atoms with Crippen LogP contribution in [0.1, 0.15) is 27.0 Å². The molecule has 160 valence electrons. The lowest BCUT2D eigenvalue weighted by Gasteiger charge is -2.11. The van der Waals surface area contributed by atoms with Crippen LogP contribution in [0.5, 0.6) is 11.5 Å². The van der Waals surface area contributed by atoms with E-state index in [1.54, 1.807) is 25.5 Å². The van der Waals surface area contributed by atoms with Gasteiger partial charge in [0.1, 0.15) is 18.1 Å². The lowest BCUT2D eigenvalue weighted by Crippen LogP contribution is -2.17. The van der Waals surface area contributed by atoms with Crippen LogP contribution in [0.25, 0.3) is 0 Å². The van der Waals surface area contributed by atoms with Gasteiger partial charge in [-0.05, 0) is 109 Å². The number of carbonyl (C=O) groups excluding carboxylic acids is 1. The third kappa shape index (κ3) is 6.66. The predicted octanol–water partition coefficient (Wildman–Crippen LogP) is 6.32. The molecule has 0 aromatic heterocycles. The number of nitrogens with zero attached hydrogens (tertiary/aromatic N) is 1. The van der Waals surface area contributed by atoms with Crippen LogP contribution in [-0.4, -0.2) is 19.2 Å². The number of halogens is 3. The Balaban J connectivity index is 1.64. The molecule has 31 heavy (non-hydrogen) atoms.